The van der Waals surface area contributed by atoms with E-state index in [2.05, 4.69) is 34.1 Å². The van der Waals surface area contributed by atoms with Crippen molar-refractivity contribution in [3.8, 4) is 0 Å². The van der Waals surface area contributed by atoms with Crippen molar-refractivity contribution in [1.82, 2.24) is 15.0 Å². The van der Waals surface area contributed by atoms with Gasteiger partial charge in [0.05, 0.1) is 18.4 Å². The second kappa shape index (κ2) is 9.15. The molecular formula is C16H20ClFN4OS. The van der Waals surface area contributed by atoms with Crippen LogP contribution in [0.25, 0.3) is 0 Å². The Balaban J connectivity index is 2.06. The van der Waals surface area contributed by atoms with Gasteiger partial charge in [0.25, 0.3) is 0 Å². The van der Waals surface area contributed by atoms with Crippen LogP contribution < -0.4 is 5.32 Å². The summed E-state index contributed by atoms with van der Waals surface area (Å²) < 4.78 is 13.6. The summed E-state index contributed by atoms with van der Waals surface area (Å²) in [5, 5.41) is 12.6. The largest absolute Gasteiger partial charge is 0.394 e. The molecule has 0 aliphatic heterocycles. The van der Waals surface area contributed by atoms with Crippen LogP contribution in [0.3, 0.4) is 0 Å². The van der Waals surface area contributed by atoms with Gasteiger partial charge in [-0.25, -0.2) is 9.37 Å². The number of aliphatic hydroxyl groups excluding tert-OH is 1. The molecule has 1 atom stereocenters. The zero-order valence-corrected chi connectivity index (χ0v) is 15.1. The Morgan fingerprint density at radius 1 is 1.25 bits per heavy atom. The van der Waals surface area contributed by atoms with E-state index in [1.165, 1.54) is 17.8 Å². The molecule has 2 N–H and O–H groups in total. The molecule has 5 nitrogen and oxygen atoms in total. The summed E-state index contributed by atoms with van der Waals surface area (Å²) >= 11 is 7.24. The number of nitrogens with zero attached hydrogens (tertiary/aromatic N) is 3. The van der Waals surface area contributed by atoms with E-state index in [1.807, 2.05) is 0 Å². The first-order chi connectivity index (χ1) is 11.5. The molecule has 0 saturated heterocycles. The van der Waals surface area contributed by atoms with E-state index in [-0.39, 0.29) is 23.7 Å². The van der Waals surface area contributed by atoms with Gasteiger partial charge in [0, 0.05) is 4.90 Å². The zero-order valence-electron chi connectivity index (χ0n) is 13.5. The van der Waals surface area contributed by atoms with E-state index in [0.29, 0.717) is 28.3 Å². The Bertz CT molecular complexity index is 674. The number of halogens is 2. The topological polar surface area (TPSA) is 70.9 Å². The highest BCUT2D eigenvalue weighted by Crippen LogP contribution is 2.24. The van der Waals surface area contributed by atoms with Crippen molar-refractivity contribution < 1.29 is 9.50 Å². The normalized spacial score (nSPS) is 12.4. The molecule has 0 saturated carbocycles. The predicted molar refractivity (Wildman–Crippen MR) is 94.7 cm³/mol. The number of rotatable bonds is 8. The van der Waals surface area contributed by atoms with Crippen molar-refractivity contribution in [2.24, 2.45) is 5.92 Å². The van der Waals surface area contributed by atoms with E-state index in [0.717, 1.165) is 6.42 Å². The average molecular weight is 371 g/mol. The number of hydrogen-bond donors (Lipinski definition) is 2. The van der Waals surface area contributed by atoms with Gasteiger partial charge in [0.15, 0.2) is 0 Å². The van der Waals surface area contributed by atoms with Gasteiger partial charge < -0.3 is 10.4 Å². The molecule has 0 spiro atoms. The standard InChI is InChI=1S/C16H20ClFN4OS/c1-10(2)7-11(8-23)19-16-21-14(20-15(17)22-16)9-24-13-6-4-3-5-12(13)18/h3-6,10-11,23H,7-9H2,1-2H3,(H,19,20,21,22)/t11-/m1/s1. The van der Waals surface area contributed by atoms with Crippen LogP contribution in [0.1, 0.15) is 26.1 Å². The third-order valence-corrected chi connectivity index (χ3v) is 4.37. The maximum absolute atomic E-state index is 13.6. The first-order valence-corrected chi connectivity index (χ1v) is 8.99. The average Bonchev–Trinajstić information content (AvgIpc) is 2.52. The van der Waals surface area contributed by atoms with Crippen LogP contribution in [0.5, 0.6) is 0 Å². The molecule has 0 fully saturated rings. The highest BCUT2D eigenvalue weighted by Gasteiger charge is 2.13. The zero-order chi connectivity index (χ0) is 17.5. The Morgan fingerprint density at radius 3 is 2.67 bits per heavy atom. The van der Waals surface area contributed by atoms with Gasteiger partial charge in [-0.2, -0.15) is 9.97 Å². The molecular weight excluding hydrogens is 351 g/mol. The van der Waals surface area contributed by atoms with Crippen LogP contribution in [0.15, 0.2) is 29.2 Å². The number of hydrogen-bond acceptors (Lipinski definition) is 6. The van der Waals surface area contributed by atoms with E-state index >= 15 is 0 Å². The predicted octanol–water partition coefficient (Wildman–Crippen LogP) is 3.78. The van der Waals surface area contributed by atoms with Crippen LogP contribution in [0.4, 0.5) is 10.3 Å². The number of thioether (sulfide) groups is 1. The van der Waals surface area contributed by atoms with E-state index in [4.69, 9.17) is 11.6 Å². The lowest BCUT2D eigenvalue weighted by molar-refractivity contribution is 0.259. The number of nitrogens with one attached hydrogen (secondary N) is 1. The molecule has 0 unspecified atom stereocenters. The van der Waals surface area contributed by atoms with Crippen LogP contribution in [-0.2, 0) is 5.75 Å². The summed E-state index contributed by atoms with van der Waals surface area (Å²) in [6.07, 6.45) is 0.777. The molecule has 0 aliphatic carbocycles. The van der Waals surface area contributed by atoms with Gasteiger partial charge in [0.2, 0.25) is 11.2 Å². The van der Waals surface area contributed by atoms with Gasteiger partial charge in [0.1, 0.15) is 11.6 Å². The summed E-state index contributed by atoms with van der Waals surface area (Å²) in [4.78, 5) is 12.9. The first kappa shape index (κ1) is 18.9. The second-order valence-electron chi connectivity index (χ2n) is 5.72. The molecule has 24 heavy (non-hydrogen) atoms. The molecule has 0 radical (unpaired) electrons. The quantitative estimate of drug-likeness (QED) is 0.689. The molecule has 130 valence electrons. The lowest BCUT2D eigenvalue weighted by atomic mass is 10.0. The minimum absolute atomic E-state index is 0.0270. The maximum Gasteiger partial charge on any atom is 0.227 e. The smallest absolute Gasteiger partial charge is 0.227 e. The Hall–Kier alpha value is -1.44. The van der Waals surface area contributed by atoms with Gasteiger partial charge in [-0.15, -0.1) is 11.8 Å². The minimum atomic E-state index is -0.279. The van der Waals surface area contributed by atoms with Crippen LogP contribution >= 0.6 is 23.4 Å². The van der Waals surface area contributed by atoms with Crippen LogP contribution in [-0.4, -0.2) is 32.7 Å². The van der Waals surface area contributed by atoms with Crippen LogP contribution in [0, 0.1) is 11.7 Å². The number of anilines is 1. The molecule has 0 amide bonds. The summed E-state index contributed by atoms with van der Waals surface area (Å²) in [6.45, 7) is 4.11. The molecule has 2 rings (SSSR count). The summed E-state index contributed by atoms with van der Waals surface area (Å²) in [5.41, 5.74) is 0. The van der Waals surface area contributed by atoms with Gasteiger partial charge >= 0.3 is 0 Å². The van der Waals surface area contributed by atoms with Crippen molar-refractivity contribution >= 4 is 29.3 Å². The summed E-state index contributed by atoms with van der Waals surface area (Å²) in [6, 6.07) is 6.37. The molecule has 0 bridgehead atoms. The highest BCUT2D eigenvalue weighted by atomic mass is 35.5. The third-order valence-electron chi connectivity index (χ3n) is 3.16. The lowest BCUT2D eigenvalue weighted by Crippen LogP contribution is -2.27. The summed E-state index contributed by atoms with van der Waals surface area (Å²) in [7, 11) is 0. The van der Waals surface area contributed by atoms with Gasteiger partial charge in [-0.05, 0) is 36.1 Å². The Labute approximate surface area is 150 Å². The van der Waals surface area contributed by atoms with Crippen LogP contribution in [0.2, 0.25) is 5.28 Å². The number of aromatic nitrogens is 3. The Morgan fingerprint density at radius 2 is 2.00 bits per heavy atom. The second-order valence-corrected chi connectivity index (χ2v) is 7.07. The summed E-state index contributed by atoms with van der Waals surface area (Å²) in [5.74, 6) is 1.28. The van der Waals surface area contributed by atoms with Crippen molar-refractivity contribution in [2.45, 2.75) is 37.0 Å². The van der Waals surface area contributed by atoms with Gasteiger partial charge in [-0.3, -0.25) is 0 Å². The minimum Gasteiger partial charge on any atom is -0.394 e. The van der Waals surface area contributed by atoms with Crippen molar-refractivity contribution in [3.63, 3.8) is 0 Å². The fourth-order valence-corrected chi connectivity index (χ4v) is 3.13. The van der Waals surface area contributed by atoms with E-state index in [1.54, 1.807) is 18.2 Å². The van der Waals surface area contributed by atoms with E-state index < -0.39 is 0 Å². The lowest BCUT2D eigenvalue weighted by Gasteiger charge is -2.18. The van der Waals surface area contributed by atoms with Crippen molar-refractivity contribution in [3.05, 3.63) is 41.2 Å². The Kier molecular flexibility index (Phi) is 7.20. The molecule has 1 aromatic heterocycles. The molecule has 1 aromatic carbocycles. The highest BCUT2D eigenvalue weighted by molar-refractivity contribution is 7.98. The third kappa shape index (κ3) is 5.89. The SMILES string of the molecule is CC(C)C[C@H](CO)Nc1nc(Cl)nc(CSc2ccccc2F)n1. The fourth-order valence-electron chi connectivity index (χ4n) is 2.16. The molecule has 0 aliphatic rings. The van der Waals surface area contributed by atoms with E-state index in [9.17, 15) is 9.50 Å². The fraction of sp³-hybridized carbons (Fsp3) is 0.438. The molecule has 8 heteroatoms. The number of benzene rings is 1. The maximum atomic E-state index is 13.6. The molecule has 1 heterocycles. The van der Waals surface area contributed by atoms with Crippen molar-refractivity contribution in [2.75, 3.05) is 11.9 Å². The number of aliphatic hydroxyl groups is 1. The van der Waals surface area contributed by atoms with Crippen molar-refractivity contribution in [1.29, 1.82) is 0 Å². The van der Waals surface area contributed by atoms with Gasteiger partial charge in [-0.1, -0.05) is 26.0 Å². The molecule has 2 aromatic rings. The first-order valence-electron chi connectivity index (χ1n) is 7.63. The monoisotopic (exact) mass is 370 g/mol.